The van der Waals surface area contributed by atoms with E-state index in [0.29, 0.717) is 0 Å². The minimum absolute atomic E-state index is 0.00545. The Morgan fingerprint density at radius 3 is 2.40 bits per heavy atom. The van der Waals surface area contributed by atoms with Crippen LogP contribution in [0.15, 0.2) is 163 Å². The zero-order valence-electron chi connectivity index (χ0n) is 28.0. The molecule has 3 heteroatoms. The lowest BCUT2D eigenvalue weighted by Crippen LogP contribution is -2.26. The van der Waals surface area contributed by atoms with Crippen LogP contribution in [0.3, 0.4) is 0 Å². The van der Waals surface area contributed by atoms with Crippen LogP contribution in [-0.4, -0.2) is 0 Å². The molecule has 2 heterocycles. The summed E-state index contributed by atoms with van der Waals surface area (Å²) in [6, 6.07) is 49.3. The SMILES string of the molecule is CC12CC=CC=C1N(c1ccc(-c3ccc(N(c4ccccc4)c4cccc5c4sc4ccccc45)c4c3C=CCC4)cc1)c1ccccc12. The molecule has 240 valence electrons. The van der Waals surface area contributed by atoms with Crippen LogP contribution < -0.4 is 9.80 Å². The number of nitrogens with zero attached hydrogens (tertiary/aromatic N) is 2. The molecule has 7 aromatic rings. The monoisotopic (exact) mass is 660 g/mol. The Balaban J connectivity index is 1.10. The van der Waals surface area contributed by atoms with Crippen LogP contribution in [-0.2, 0) is 11.8 Å². The summed E-state index contributed by atoms with van der Waals surface area (Å²) >= 11 is 1.89. The first kappa shape index (κ1) is 29.3. The second-order valence-corrected chi connectivity index (χ2v) is 14.9. The van der Waals surface area contributed by atoms with Gasteiger partial charge in [0, 0.05) is 43.6 Å². The number of benzene rings is 6. The molecule has 1 unspecified atom stereocenters. The highest BCUT2D eigenvalue weighted by atomic mass is 32.1. The molecular formula is C47H36N2S. The van der Waals surface area contributed by atoms with Gasteiger partial charge in [0.2, 0.25) is 0 Å². The second kappa shape index (κ2) is 11.5. The number of hydrogen-bond donors (Lipinski definition) is 0. The Bertz CT molecular complexity index is 2540. The van der Waals surface area contributed by atoms with E-state index in [1.165, 1.54) is 82.1 Å². The fourth-order valence-corrected chi connectivity index (χ4v) is 9.75. The number of hydrogen-bond acceptors (Lipinski definition) is 3. The van der Waals surface area contributed by atoms with Crippen LogP contribution in [0, 0.1) is 0 Å². The summed E-state index contributed by atoms with van der Waals surface area (Å²) in [5.74, 6) is 0. The van der Waals surface area contributed by atoms with Crippen molar-refractivity contribution in [2.75, 3.05) is 9.80 Å². The molecule has 1 atom stereocenters. The maximum atomic E-state index is 2.50. The molecule has 1 aliphatic heterocycles. The van der Waals surface area contributed by atoms with Crippen molar-refractivity contribution in [3.05, 3.63) is 180 Å². The minimum Gasteiger partial charge on any atom is -0.313 e. The van der Waals surface area contributed by atoms with E-state index in [2.05, 4.69) is 181 Å². The van der Waals surface area contributed by atoms with E-state index >= 15 is 0 Å². The number of anilines is 5. The lowest BCUT2D eigenvalue weighted by atomic mass is 9.77. The van der Waals surface area contributed by atoms with Crippen LogP contribution in [0.4, 0.5) is 28.4 Å². The van der Waals surface area contributed by atoms with Crippen molar-refractivity contribution < 1.29 is 0 Å². The first-order valence-electron chi connectivity index (χ1n) is 17.6. The Hall–Kier alpha value is -5.64. The third-order valence-electron chi connectivity index (χ3n) is 11.0. The van der Waals surface area contributed by atoms with Crippen LogP contribution in [0.2, 0.25) is 0 Å². The molecule has 2 nitrogen and oxygen atoms in total. The van der Waals surface area contributed by atoms with Gasteiger partial charge in [-0.3, -0.25) is 0 Å². The lowest BCUT2D eigenvalue weighted by Gasteiger charge is -2.31. The summed E-state index contributed by atoms with van der Waals surface area (Å²) in [6.07, 6.45) is 14.6. The molecule has 0 fully saturated rings. The van der Waals surface area contributed by atoms with Crippen molar-refractivity contribution >= 4 is 66.0 Å². The standard InChI is InChI=1S/C47H36N2S/c1-47-31-12-11-24-45(47)49(42-21-9-8-20-40(42)47)34-27-25-32(26-28-34)35-29-30-41(37-17-6-5-16-36(35)37)48(33-14-3-2-4-15-33)43-22-13-19-39-38-18-7-10-23-44(38)50-46(39)43/h2-5,7-16,18-30H,6,17,31H2,1H3. The molecule has 6 aromatic carbocycles. The maximum absolute atomic E-state index is 2.50. The van der Waals surface area contributed by atoms with Gasteiger partial charge in [0.05, 0.1) is 16.1 Å². The molecular weight excluding hydrogens is 625 g/mol. The first-order chi connectivity index (χ1) is 24.7. The highest BCUT2D eigenvalue weighted by Crippen LogP contribution is 2.54. The normalized spacial score (nSPS) is 17.5. The molecule has 0 saturated carbocycles. The predicted molar refractivity (Wildman–Crippen MR) is 215 cm³/mol. The number of thiophene rings is 1. The summed E-state index contributed by atoms with van der Waals surface area (Å²) in [5.41, 5.74) is 14.2. The van der Waals surface area contributed by atoms with Gasteiger partial charge >= 0.3 is 0 Å². The molecule has 0 spiro atoms. The largest absolute Gasteiger partial charge is 0.313 e. The highest BCUT2D eigenvalue weighted by molar-refractivity contribution is 7.26. The Morgan fingerprint density at radius 2 is 1.50 bits per heavy atom. The van der Waals surface area contributed by atoms with Gasteiger partial charge < -0.3 is 9.80 Å². The van der Waals surface area contributed by atoms with E-state index in [1.807, 2.05) is 11.3 Å². The first-order valence-corrected chi connectivity index (χ1v) is 18.5. The Labute approximate surface area is 297 Å². The quantitative estimate of drug-likeness (QED) is 0.181. The summed E-state index contributed by atoms with van der Waals surface area (Å²) < 4.78 is 2.64. The van der Waals surface area contributed by atoms with Gasteiger partial charge in [-0.05, 0) is 109 Å². The average Bonchev–Trinajstić information content (AvgIpc) is 3.69. The topological polar surface area (TPSA) is 6.48 Å². The number of allylic oxidation sites excluding steroid dienone is 5. The Morgan fingerprint density at radius 1 is 0.700 bits per heavy atom. The van der Waals surface area contributed by atoms with E-state index in [1.54, 1.807) is 0 Å². The summed E-state index contributed by atoms with van der Waals surface area (Å²) in [5, 5.41) is 2.64. The zero-order valence-corrected chi connectivity index (χ0v) is 28.8. The molecule has 0 radical (unpaired) electrons. The number of rotatable bonds is 5. The molecule has 2 aliphatic carbocycles. The van der Waals surface area contributed by atoms with Crippen LogP contribution in [0.25, 0.3) is 37.4 Å². The summed E-state index contributed by atoms with van der Waals surface area (Å²) in [6.45, 7) is 2.38. The van der Waals surface area contributed by atoms with Crippen LogP contribution in [0.5, 0.6) is 0 Å². The van der Waals surface area contributed by atoms with Crippen molar-refractivity contribution in [1.82, 2.24) is 0 Å². The fraction of sp³-hybridized carbons (Fsp3) is 0.106. The van der Waals surface area contributed by atoms with Crippen molar-refractivity contribution in [3.63, 3.8) is 0 Å². The smallest absolute Gasteiger partial charge is 0.0640 e. The van der Waals surface area contributed by atoms with Gasteiger partial charge in [0.25, 0.3) is 0 Å². The summed E-state index contributed by atoms with van der Waals surface area (Å²) in [7, 11) is 0. The highest BCUT2D eigenvalue weighted by Gasteiger charge is 2.44. The van der Waals surface area contributed by atoms with Crippen LogP contribution in [0.1, 0.15) is 36.5 Å². The van der Waals surface area contributed by atoms with E-state index in [-0.39, 0.29) is 5.41 Å². The van der Waals surface area contributed by atoms with Crippen molar-refractivity contribution in [3.8, 4) is 11.1 Å². The average molecular weight is 661 g/mol. The van der Waals surface area contributed by atoms with E-state index in [0.717, 1.165) is 19.3 Å². The second-order valence-electron chi connectivity index (χ2n) is 13.8. The van der Waals surface area contributed by atoms with Crippen molar-refractivity contribution in [2.45, 2.75) is 31.6 Å². The van der Waals surface area contributed by atoms with Crippen LogP contribution >= 0.6 is 11.3 Å². The van der Waals surface area contributed by atoms with Gasteiger partial charge in [0.1, 0.15) is 0 Å². The van der Waals surface area contributed by atoms with Gasteiger partial charge in [-0.25, -0.2) is 0 Å². The molecule has 1 aromatic heterocycles. The van der Waals surface area contributed by atoms with Gasteiger partial charge in [-0.1, -0.05) is 109 Å². The summed E-state index contributed by atoms with van der Waals surface area (Å²) in [4.78, 5) is 4.96. The predicted octanol–water partition coefficient (Wildman–Crippen LogP) is 13.4. The minimum atomic E-state index is -0.00545. The number of para-hydroxylation sites is 2. The molecule has 0 N–H and O–H groups in total. The fourth-order valence-electron chi connectivity index (χ4n) is 8.54. The van der Waals surface area contributed by atoms with E-state index < -0.39 is 0 Å². The van der Waals surface area contributed by atoms with Gasteiger partial charge in [-0.2, -0.15) is 0 Å². The molecule has 0 amide bonds. The third-order valence-corrected chi connectivity index (χ3v) is 12.2. The molecule has 0 saturated heterocycles. The third kappa shape index (κ3) is 4.40. The molecule has 50 heavy (non-hydrogen) atoms. The molecule has 3 aliphatic rings. The molecule has 0 bridgehead atoms. The van der Waals surface area contributed by atoms with E-state index in [4.69, 9.17) is 0 Å². The van der Waals surface area contributed by atoms with E-state index in [9.17, 15) is 0 Å². The lowest BCUT2D eigenvalue weighted by molar-refractivity contribution is 0.577. The Kier molecular flexibility index (Phi) is 6.72. The zero-order chi connectivity index (χ0) is 33.2. The van der Waals surface area contributed by atoms with Gasteiger partial charge in [0.15, 0.2) is 0 Å². The van der Waals surface area contributed by atoms with Crippen molar-refractivity contribution in [2.24, 2.45) is 0 Å². The van der Waals surface area contributed by atoms with Gasteiger partial charge in [-0.15, -0.1) is 11.3 Å². The number of fused-ring (bicyclic) bond motifs is 7. The maximum Gasteiger partial charge on any atom is 0.0640 e. The molecule has 10 rings (SSSR count). The van der Waals surface area contributed by atoms with Crippen molar-refractivity contribution in [1.29, 1.82) is 0 Å².